The summed E-state index contributed by atoms with van der Waals surface area (Å²) >= 11 is 0. The number of aromatic hydroxyl groups is 1. The van der Waals surface area contributed by atoms with Crippen molar-refractivity contribution in [1.29, 1.82) is 0 Å². The topological polar surface area (TPSA) is 80.0 Å². The highest BCUT2D eigenvalue weighted by Crippen LogP contribution is 2.24. The normalized spacial score (nSPS) is 10.8. The van der Waals surface area contributed by atoms with E-state index in [4.69, 9.17) is 0 Å². The average molecular weight is 296 g/mol. The van der Waals surface area contributed by atoms with Crippen LogP contribution in [0.4, 0.5) is 0 Å². The Morgan fingerprint density at radius 3 is 3.00 bits per heavy atom. The average Bonchev–Trinajstić information content (AvgIpc) is 2.84. The number of benzene rings is 1. The van der Waals surface area contributed by atoms with Crippen molar-refractivity contribution in [1.82, 2.24) is 19.9 Å². The molecular formula is C16H16N4O2. The van der Waals surface area contributed by atoms with Gasteiger partial charge in [-0.15, -0.1) is 0 Å². The predicted molar refractivity (Wildman–Crippen MR) is 82.7 cm³/mol. The van der Waals surface area contributed by atoms with Crippen LogP contribution in [-0.2, 0) is 13.5 Å². The van der Waals surface area contributed by atoms with Crippen molar-refractivity contribution in [2.45, 2.75) is 6.42 Å². The first-order valence-electron chi connectivity index (χ1n) is 6.96. The fourth-order valence-electron chi connectivity index (χ4n) is 2.48. The first-order valence-corrected chi connectivity index (χ1v) is 6.96. The van der Waals surface area contributed by atoms with Crippen molar-refractivity contribution >= 4 is 16.8 Å². The molecule has 3 aromatic rings. The fraction of sp³-hybridized carbons (Fsp3) is 0.188. The minimum atomic E-state index is -0.240. The minimum Gasteiger partial charge on any atom is -0.508 e. The van der Waals surface area contributed by atoms with Crippen LogP contribution in [0, 0.1) is 0 Å². The van der Waals surface area contributed by atoms with E-state index in [0.717, 1.165) is 16.5 Å². The van der Waals surface area contributed by atoms with E-state index in [1.54, 1.807) is 12.1 Å². The quantitative estimate of drug-likeness (QED) is 0.767. The van der Waals surface area contributed by atoms with Gasteiger partial charge >= 0.3 is 0 Å². The van der Waals surface area contributed by atoms with E-state index in [2.05, 4.69) is 15.3 Å². The highest BCUT2D eigenvalue weighted by Gasteiger charge is 2.09. The smallest absolute Gasteiger partial charge is 0.271 e. The Bertz CT molecular complexity index is 812. The van der Waals surface area contributed by atoms with Crippen molar-refractivity contribution in [2.24, 2.45) is 7.05 Å². The van der Waals surface area contributed by atoms with Crippen LogP contribution in [-0.4, -0.2) is 32.1 Å². The van der Waals surface area contributed by atoms with Gasteiger partial charge in [-0.25, -0.2) is 4.98 Å². The van der Waals surface area contributed by atoms with Gasteiger partial charge in [0, 0.05) is 43.1 Å². The molecule has 2 N–H and O–H groups in total. The molecule has 0 aliphatic rings. The highest BCUT2D eigenvalue weighted by molar-refractivity contribution is 5.92. The molecular weight excluding hydrogens is 280 g/mol. The maximum atomic E-state index is 11.9. The van der Waals surface area contributed by atoms with Crippen LogP contribution < -0.4 is 5.32 Å². The molecule has 0 spiro atoms. The Labute approximate surface area is 127 Å². The van der Waals surface area contributed by atoms with Gasteiger partial charge in [0.25, 0.3) is 5.91 Å². The molecule has 2 aromatic heterocycles. The van der Waals surface area contributed by atoms with Crippen LogP contribution in [0.1, 0.15) is 16.1 Å². The number of nitrogens with one attached hydrogen (secondary N) is 1. The SMILES string of the molecule is Cn1cc(CCNC(=O)c2cnccn2)c2cc(O)ccc21. The van der Waals surface area contributed by atoms with Crippen LogP contribution in [0.25, 0.3) is 10.9 Å². The maximum absolute atomic E-state index is 11.9. The molecule has 1 amide bonds. The summed E-state index contributed by atoms with van der Waals surface area (Å²) in [6, 6.07) is 5.30. The third kappa shape index (κ3) is 2.76. The Kier molecular flexibility index (Phi) is 3.74. The Morgan fingerprint density at radius 2 is 2.23 bits per heavy atom. The number of phenols is 1. The molecule has 0 aliphatic heterocycles. The Morgan fingerprint density at radius 1 is 1.36 bits per heavy atom. The zero-order valence-electron chi connectivity index (χ0n) is 12.2. The molecule has 22 heavy (non-hydrogen) atoms. The summed E-state index contributed by atoms with van der Waals surface area (Å²) < 4.78 is 2.01. The number of nitrogens with zero attached hydrogens (tertiary/aromatic N) is 3. The second-order valence-corrected chi connectivity index (χ2v) is 5.06. The summed E-state index contributed by atoms with van der Waals surface area (Å²) in [5.41, 5.74) is 2.43. The zero-order chi connectivity index (χ0) is 15.5. The van der Waals surface area contributed by atoms with Gasteiger partial charge in [-0.05, 0) is 30.2 Å². The van der Waals surface area contributed by atoms with Crippen LogP contribution in [0.15, 0.2) is 43.0 Å². The molecule has 0 saturated heterocycles. The molecule has 2 heterocycles. The molecule has 0 aliphatic carbocycles. The summed E-state index contributed by atoms with van der Waals surface area (Å²) in [5, 5.41) is 13.5. The second kappa shape index (κ2) is 5.85. The van der Waals surface area contributed by atoms with E-state index in [9.17, 15) is 9.90 Å². The summed E-state index contributed by atoms with van der Waals surface area (Å²) in [6.07, 6.45) is 7.14. The number of phenolic OH excluding ortho intramolecular Hbond substituents is 1. The van der Waals surface area contributed by atoms with E-state index in [0.29, 0.717) is 18.7 Å². The van der Waals surface area contributed by atoms with E-state index in [1.807, 2.05) is 23.9 Å². The molecule has 0 radical (unpaired) electrons. The van der Waals surface area contributed by atoms with Crippen molar-refractivity contribution in [3.05, 3.63) is 54.2 Å². The summed E-state index contributed by atoms with van der Waals surface area (Å²) in [7, 11) is 1.96. The lowest BCUT2D eigenvalue weighted by atomic mass is 10.1. The number of rotatable bonds is 4. The van der Waals surface area contributed by atoms with Crippen molar-refractivity contribution in [3.8, 4) is 5.75 Å². The van der Waals surface area contributed by atoms with Gasteiger partial charge in [-0.3, -0.25) is 9.78 Å². The van der Waals surface area contributed by atoms with Gasteiger partial charge in [0.2, 0.25) is 0 Å². The van der Waals surface area contributed by atoms with E-state index in [-0.39, 0.29) is 11.7 Å². The van der Waals surface area contributed by atoms with Gasteiger partial charge in [0.05, 0.1) is 6.20 Å². The number of aryl methyl sites for hydroxylation is 1. The number of carbonyl (C=O) groups is 1. The second-order valence-electron chi connectivity index (χ2n) is 5.06. The molecule has 0 fully saturated rings. The first kappa shape index (κ1) is 14.1. The standard InChI is InChI=1S/C16H16N4O2/c1-20-10-11(13-8-12(21)2-3-15(13)20)4-5-19-16(22)14-9-17-6-7-18-14/h2-3,6-10,21H,4-5H2,1H3,(H,19,22). The van der Waals surface area contributed by atoms with Gasteiger partial charge in [0.1, 0.15) is 11.4 Å². The van der Waals surface area contributed by atoms with Crippen LogP contribution >= 0.6 is 0 Å². The predicted octanol–water partition coefficient (Wildman–Crippen LogP) is 1.65. The summed E-state index contributed by atoms with van der Waals surface area (Å²) in [6.45, 7) is 0.490. The zero-order valence-corrected chi connectivity index (χ0v) is 12.2. The lowest BCUT2D eigenvalue weighted by molar-refractivity contribution is 0.0948. The Balaban J connectivity index is 1.70. The van der Waals surface area contributed by atoms with Gasteiger partial charge in [0.15, 0.2) is 0 Å². The minimum absolute atomic E-state index is 0.239. The molecule has 0 unspecified atom stereocenters. The number of hydrogen-bond acceptors (Lipinski definition) is 4. The molecule has 6 nitrogen and oxygen atoms in total. The van der Waals surface area contributed by atoms with Crippen molar-refractivity contribution < 1.29 is 9.90 Å². The van der Waals surface area contributed by atoms with Gasteiger partial charge < -0.3 is 15.0 Å². The van der Waals surface area contributed by atoms with Gasteiger partial charge in [-0.1, -0.05) is 0 Å². The van der Waals surface area contributed by atoms with Crippen molar-refractivity contribution in [3.63, 3.8) is 0 Å². The van der Waals surface area contributed by atoms with Crippen molar-refractivity contribution in [2.75, 3.05) is 6.54 Å². The molecule has 0 atom stereocenters. The van der Waals surface area contributed by atoms with Crippen LogP contribution in [0.3, 0.4) is 0 Å². The number of aromatic nitrogens is 3. The van der Waals surface area contributed by atoms with Gasteiger partial charge in [-0.2, -0.15) is 0 Å². The summed E-state index contributed by atoms with van der Waals surface area (Å²) in [4.78, 5) is 19.7. The third-order valence-corrected chi connectivity index (χ3v) is 3.53. The molecule has 3 rings (SSSR count). The highest BCUT2D eigenvalue weighted by atomic mass is 16.3. The molecule has 6 heteroatoms. The third-order valence-electron chi connectivity index (χ3n) is 3.53. The molecule has 0 saturated carbocycles. The number of fused-ring (bicyclic) bond motifs is 1. The molecule has 112 valence electrons. The van der Waals surface area contributed by atoms with E-state index >= 15 is 0 Å². The number of hydrogen-bond donors (Lipinski definition) is 2. The van der Waals surface area contributed by atoms with Crippen LogP contribution in [0.2, 0.25) is 0 Å². The van der Waals surface area contributed by atoms with E-state index in [1.165, 1.54) is 18.6 Å². The fourth-order valence-corrected chi connectivity index (χ4v) is 2.48. The largest absolute Gasteiger partial charge is 0.508 e. The number of amides is 1. The van der Waals surface area contributed by atoms with E-state index < -0.39 is 0 Å². The monoisotopic (exact) mass is 296 g/mol. The Hall–Kier alpha value is -2.89. The first-order chi connectivity index (χ1) is 10.6. The molecule has 0 bridgehead atoms. The lowest BCUT2D eigenvalue weighted by Crippen LogP contribution is -2.26. The summed E-state index contributed by atoms with van der Waals surface area (Å²) in [5.74, 6) is -0.000251. The molecule has 1 aromatic carbocycles. The number of carbonyl (C=O) groups excluding carboxylic acids is 1. The maximum Gasteiger partial charge on any atom is 0.271 e. The lowest BCUT2D eigenvalue weighted by Gasteiger charge is -2.04. The van der Waals surface area contributed by atoms with Crippen LogP contribution in [0.5, 0.6) is 5.75 Å².